The lowest BCUT2D eigenvalue weighted by atomic mass is 9.88. The molecule has 0 atom stereocenters. The average molecular weight is 218 g/mol. The number of allylic oxidation sites excluding steroid dienone is 2. The minimum Gasteiger partial charge on any atom is -0.501 e. The topological polar surface area (TPSA) is 74.6 Å². The van der Waals surface area contributed by atoms with Gasteiger partial charge in [-0.2, -0.15) is 0 Å². The molecule has 1 aliphatic rings. The summed E-state index contributed by atoms with van der Waals surface area (Å²) in [5.41, 5.74) is 1.04. The molecule has 0 unspecified atom stereocenters. The maximum atomic E-state index is 11.7. The summed E-state index contributed by atoms with van der Waals surface area (Å²) >= 11 is 0. The lowest BCUT2D eigenvalue weighted by Crippen LogP contribution is -2.23. The molecule has 2 rings (SSSR count). The van der Waals surface area contributed by atoms with Gasteiger partial charge in [0.25, 0.3) is 0 Å². The van der Waals surface area contributed by atoms with Gasteiger partial charge in [0.15, 0.2) is 0 Å². The van der Waals surface area contributed by atoms with Crippen molar-refractivity contribution < 1.29 is 19.8 Å². The molecular formula is C12H10O4. The number of benzene rings is 1. The summed E-state index contributed by atoms with van der Waals surface area (Å²) < 4.78 is 0. The maximum Gasteiger partial charge on any atom is 0.232 e. The van der Waals surface area contributed by atoms with E-state index in [2.05, 4.69) is 0 Å². The van der Waals surface area contributed by atoms with Crippen LogP contribution in [0.5, 0.6) is 0 Å². The van der Waals surface area contributed by atoms with E-state index >= 15 is 0 Å². The Labute approximate surface area is 91.8 Å². The molecule has 1 aliphatic carbocycles. The molecule has 0 amide bonds. The Morgan fingerprint density at radius 1 is 1.06 bits per heavy atom. The van der Waals surface area contributed by atoms with Crippen LogP contribution in [0.3, 0.4) is 0 Å². The van der Waals surface area contributed by atoms with Crippen LogP contribution in [0.1, 0.15) is 33.2 Å². The Kier molecular flexibility index (Phi) is 2.27. The zero-order valence-electron chi connectivity index (χ0n) is 8.65. The second-order valence-electron chi connectivity index (χ2n) is 3.55. The molecule has 0 aliphatic heterocycles. The molecule has 4 nitrogen and oxygen atoms in total. The van der Waals surface area contributed by atoms with Crippen LogP contribution in [-0.4, -0.2) is 21.8 Å². The van der Waals surface area contributed by atoms with Crippen LogP contribution in [0.4, 0.5) is 0 Å². The first-order chi connectivity index (χ1) is 7.57. The van der Waals surface area contributed by atoms with Crippen LogP contribution in [-0.2, 0) is 6.42 Å². The molecule has 4 heteroatoms. The summed E-state index contributed by atoms with van der Waals surface area (Å²) in [4.78, 5) is 23.4. The number of fused-ring (bicyclic) bond motifs is 1. The van der Waals surface area contributed by atoms with E-state index in [0.29, 0.717) is 12.0 Å². The van der Waals surface area contributed by atoms with Crippen LogP contribution in [0.25, 0.3) is 0 Å². The van der Waals surface area contributed by atoms with Gasteiger partial charge in [-0.1, -0.05) is 25.1 Å². The van der Waals surface area contributed by atoms with E-state index in [1.807, 2.05) is 6.92 Å². The van der Waals surface area contributed by atoms with Crippen LogP contribution < -0.4 is 0 Å². The number of rotatable bonds is 1. The second kappa shape index (κ2) is 3.48. The fraction of sp³-hybridized carbons (Fsp3) is 0.167. The molecule has 0 aromatic heterocycles. The molecule has 0 saturated carbocycles. The number of hydrogen-bond donors (Lipinski definition) is 2. The second-order valence-corrected chi connectivity index (χ2v) is 3.55. The zero-order valence-corrected chi connectivity index (χ0v) is 8.65. The van der Waals surface area contributed by atoms with E-state index < -0.39 is 23.1 Å². The van der Waals surface area contributed by atoms with Crippen molar-refractivity contribution in [3.8, 4) is 0 Å². The fourth-order valence-corrected chi connectivity index (χ4v) is 1.81. The number of hydrogen-bond acceptors (Lipinski definition) is 4. The molecular weight excluding hydrogens is 208 g/mol. The van der Waals surface area contributed by atoms with Crippen molar-refractivity contribution >= 4 is 11.6 Å². The van der Waals surface area contributed by atoms with Gasteiger partial charge in [-0.3, -0.25) is 9.59 Å². The minimum absolute atomic E-state index is 0.152. The van der Waals surface area contributed by atoms with Crippen molar-refractivity contribution in [1.82, 2.24) is 0 Å². The third-order valence-corrected chi connectivity index (χ3v) is 2.66. The van der Waals surface area contributed by atoms with Gasteiger partial charge in [0.2, 0.25) is 23.1 Å². The normalized spacial score (nSPS) is 15.3. The highest BCUT2D eigenvalue weighted by molar-refractivity contribution is 6.25. The van der Waals surface area contributed by atoms with E-state index in [9.17, 15) is 19.8 Å². The number of Topliss-reactive ketones (excluding diaryl/α,β-unsaturated/α-hetero) is 2. The van der Waals surface area contributed by atoms with Crippen molar-refractivity contribution in [2.75, 3.05) is 0 Å². The molecule has 0 spiro atoms. The van der Waals surface area contributed by atoms with Crippen LogP contribution in [0, 0.1) is 0 Å². The zero-order chi connectivity index (χ0) is 11.9. The molecule has 16 heavy (non-hydrogen) atoms. The van der Waals surface area contributed by atoms with Gasteiger partial charge in [-0.15, -0.1) is 0 Å². The van der Waals surface area contributed by atoms with Gasteiger partial charge in [0.05, 0.1) is 0 Å². The quantitative estimate of drug-likeness (QED) is 0.755. The van der Waals surface area contributed by atoms with E-state index in [-0.39, 0.29) is 11.1 Å². The Morgan fingerprint density at radius 3 is 2.31 bits per heavy atom. The highest BCUT2D eigenvalue weighted by Crippen LogP contribution is 2.26. The molecule has 1 aromatic carbocycles. The Morgan fingerprint density at radius 2 is 1.69 bits per heavy atom. The number of aryl methyl sites for hydroxylation is 1. The first-order valence-electron chi connectivity index (χ1n) is 4.91. The van der Waals surface area contributed by atoms with Gasteiger partial charge in [0, 0.05) is 11.1 Å². The van der Waals surface area contributed by atoms with Crippen LogP contribution in [0.15, 0.2) is 29.7 Å². The smallest absolute Gasteiger partial charge is 0.232 e. The van der Waals surface area contributed by atoms with Gasteiger partial charge in [0.1, 0.15) is 0 Å². The van der Waals surface area contributed by atoms with Gasteiger partial charge in [-0.05, 0) is 12.0 Å². The SMILES string of the molecule is CCc1cccc2c1C(=O)C(O)=C(O)C2=O. The highest BCUT2D eigenvalue weighted by atomic mass is 16.3. The number of carbonyl (C=O) groups is 2. The van der Waals surface area contributed by atoms with E-state index in [1.54, 1.807) is 12.1 Å². The Bertz CT molecular complexity index is 526. The first kappa shape index (κ1) is 10.4. The van der Waals surface area contributed by atoms with Crippen LogP contribution in [0.2, 0.25) is 0 Å². The van der Waals surface area contributed by atoms with Crippen molar-refractivity contribution in [2.45, 2.75) is 13.3 Å². The largest absolute Gasteiger partial charge is 0.501 e. The monoisotopic (exact) mass is 218 g/mol. The fourth-order valence-electron chi connectivity index (χ4n) is 1.81. The molecule has 2 N–H and O–H groups in total. The van der Waals surface area contributed by atoms with Crippen molar-refractivity contribution in [1.29, 1.82) is 0 Å². The molecule has 0 radical (unpaired) electrons. The van der Waals surface area contributed by atoms with Gasteiger partial charge in [-0.25, -0.2) is 0 Å². The summed E-state index contributed by atoms with van der Waals surface area (Å²) in [5, 5.41) is 18.6. The van der Waals surface area contributed by atoms with Crippen LogP contribution >= 0.6 is 0 Å². The predicted octanol–water partition coefficient (Wildman–Crippen LogP) is 1.96. The summed E-state index contributed by atoms with van der Waals surface area (Å²) in [7, 11) is 0. The van der Waals surface area contributed by atoms with Gasteiger partial charge < -0.3 is 10.2 Å². The van der Waals surface area contributed by atoms with Crippen molar-refractivity contribution in [3.63, 3.8) is 0 Å². The van der Waals surface area contributed by atoms with Gasteiger partial charge >= 0.3 is 0 Å². The van der Waals surface area contributed by atoms with Crippen molar-refractivity contribution in [3.05, 3.63) is 46.4 Å². The molecule has 82 valence electrons. The average Bonchev–Trinajstić information content (AvgIpc) is 2.32. The number of carbonyl (C=O) groups excluding carboxylic acids is 2. The summed E-state index contributed by atoms with van der Waals surface area (Å²) in [6, 6.07) is 4.84. The van der Waals surface area contributed by atoms with E-state index in [0.717, 1.165) is 0 Å². The van der Waals surface area contributed by atoms with E-state index in [4.69, 9.17) is 0 Å². The maximum absolute atomic E-state index is 11.7. The minimum atomic E-state index is -0.870. The summed E-state index contributed by atoms with van der Waals surface area (Å²) in [6.07, 6.45) is 0.580. The third kappa shape index (κ3) is 1.23. The molecule has 1 aromatic rings. The Balaban J connectivity index is 2.76. The molecule has 0 heterocycles. The molecule has 0 saturated heterocycles. The number of ketones is 2. The third-order valence-electron chi connectivity index (χ3n) is 2.66. The number of aliphatic hydroxyl groups is 2. The van der Waals surface area contributed by atoms with E-state index in [1.165, 1.54) is 6.07 Å². The lowest BCUT2D eigenvalue weighted by molar-refractivity contribution is 0.0880. The highest BCUT2D eigenvalue weighted by Gasteiger charge is 2.33. The Hall–Kier alpha value is -2.10. The lowest BCUT2D eigenvalue weighted by Gasteiger charge is -2.16. The summed E-state index contributed by atoms with van der Waals surface area (Å²) in [5.74, 6) is -3.13. The molecule has 0 fully saturated rings. The first-order valence-corrected chi connectivity index (χ1v) is 4.91. The standard InChI is InChI=1S/C12H10O4/c1-2-6-4-3-5-7-8(6)10(14)12(16)11(15)9(7)13/h3-5,15-16H,2H2,1H3. The summed E-state index contributed by atoms with van der Waals surface area (Å²) in [6.45, 7) is 1.85. The number of aliphatic hydroxyl groups excluding tert-OH is 2. The van der Waals surface area contributed by atoms with Crippen molar-refractivity contribution in [2.24, 2.45) is 0 Å². The predicted molar refractivity (Wildman–Crippen MR) is 56.8 cm³/mol. The molecule has 0 bridgehead atoms.